The molecule has 0 saturated carbocycles. The lowest BCUT2D eigenvalue weighted by Crippen LogP contribution is -2.30. The van der Waals surface area contributed by atoms with Crippen LogP contribution in [-0.4, -0.2) is 31.4 Å². The summed E-state index contributed by atoms with van der Waals surface area (Å²) in [4.78, 5) is 35.0. The Balaban J connectivity index is 2.02. The summed E-state index contributed by atoms with van der Waals surface area (Å²) in [6, 6.07) is 9.83. The van der Waals surface area contributed by atoms with Gasteiger partial charge >= 0.3 is 5.97 Å². The van der Waals surface area contributed by atoms with Gasteiger partial charge in [-0.1, -0.05) is 0 Å². The van der Waals surface area contributed by atoms with Crippen LogP contribution in [0.4, 0.5) is 10.1 Å². The highest BCUT2D eigenvalue weighted by Crippen LogP contribution is 2.19. The first-order valence-electron chi connectivity index (χ1n) is 7.12. The van der Waals surface area contributed by atoms with Crippen LogP contribution in [0, 0.1) is 5.82 Å². The predicted octanol–water partition coefficient (Wildman–Crippen LogP) is 2.74. The van der Waals surface area contributed by atoms with Crippen molar-refractivity contribution >= 4 is 39.4 Å². The highest BCUT2D eigenvalue weighted by Gasteiger charge is 2.12. The van der Waals surface area contributed by atoms with Crippen molar-refractivity contribution in [2.75, 3.05) is 19.0 Å². The maximum absolute atomic E-state index is 13.3. The third kappa shape index (κ3) is 5.12. The summed E-state index contributed by atoms with van der Waals surface area (Å²) in [5.41, 5.74) is 0.902. The van der Waals surface area contributed by atoms with Gasteiger partial charge in [-0.25, -0.2) is 4.39 Å². The standard InChI is InChI=1S/C17H14BrFN2O4/c1-25-15(22)9-20-16(23)10-2-5-12(6-3-10)21-17(24)13-8-11(19)4-7-14(13)18/h2-8H,9H2,1H3,(H,20,23)(H,21,24). The zero-order valence-corrected chi connectivity index (χ0v) is 14.7. The number of hydrogen-bond donors (Lipinski definition) is 2. The molecule has 130 valence electrons. The van der Waals surface area contributed by atoms with Crippen molar-refractivity contribution in [2.24, 2.45) is 0 Å². The second-order valence-corrected chi connectivity index (χ2v) is 5.77. The zero-order chi connectivity index (χ0) is 18.4. The molecule has 0 bridgehead atoms. The summed E-state index contributed by atoms with van der Waals surface area (Å²) in [6.45, 7) is -0.235. The number of anilines is 1. The third-order valence-electron chi connectivity index (χ3n) is 3.20. The molecule has 6 nitrogen and oxygen atoms in total. The predicted molar refractivity (Wildman–Crippen MR) is 92.8 cm³/mol. The van der Waals surface area contributed by atoms with Crippen molar-refractivity contribution in [3.63, 3.8) is 0 Å². The smallest absolute Gasteiger partial charge is 0.325 e. The van der Waals surface area contributed by atoms with Crippen molar-refractivity contribution in [3.05, 3.63) is 63.9 Å². The Morgan fingerprint density at radius 1 is 1.08 bits per heavy atom. The van der Waals surface area contributed by atoms with Gasteiger partial charge in [0, 0.05) is 15.7 Å². The fourth-order valence-electron chi connectivity index (χ4n) is 1.90. The molecule has 0 atom stereocenters. The van der Waals surface area contributed by atoms with Crippen LogP contribution in [0.2, 0.25) is 0 Å². The van der Waals surface area contributed by atoms with Gasteiger partial charge in [-0.3, -0.25) is 14.4 Å². The van der Waals surface area contributed by atoms with E-state index in [2.05, 4.69) is 31.3 Å². The molecule has 2 aromatic rings. The molecular formula is C17H14BrFN2O4. The van der Waals surface area contributed by atoms with E-state index in [0.29, 0.717) is 15.7 Å². The van der Waals surface area contributed by atoms with Crippen LogP contribution in [0.3, 0.4) is 0 Å². The fourth-order valence-corrected chi connectivity index (χ4v) is 2.33. The summed E-state index contributed by atoms with van der Waals surface area (Å²) in [5.74, 6) is -2.02. The van der Waals surface area contributed by atoms with Gasteiger partial charge < -0.3 is 15.4 Å². The van der Waals surface area contributed by atoms with E-state index in [1.165, 1.54) is 43.5 Å². The number of amides is 2. The number of carbonyl (C=O) groups excluding carboxylic acids is 3. The maximum Gasteiger partial charge on any atom is 0.325 e. The molecule has 2 amide bonds. The van der Waals surface area contributed by atoms with E-state index in [1.807, 2.05) is 0 Å². The van der Waals surface area contributed by atoms with Crippen LogP contribution in [-0.2, 0) is 9.53 Å². The minimum absolute atomic E-state index is 0.153. The van der Waals surface area contributed by atoms with Crippen molar-refractivity contribution in [1.82, 2.24) is 5.32 Å². The molecule has 0 saturated heterocycles. The number of esters is 1. The van der Waals surface area contributed by atoms with Crippen LogP contribution in [0.5, 0.6) is 0 Å². The fraction of sp³-hybridized carbons (Fsp3) is 0.118. The monoisotopic (exact) mass is 408 g/mol. The quantitative estimate of drug-likeness (QED) is 0.744. The molecule has 0 aromatic heterocycles. The normalized spacial score (nSPS) is 10.0. The summed E-state index contributed by atoms with van der Waals surface area (Å²) >= 11 is 3.19. The van der Waals surface area contributed by atoms with Crippen molar-refractivity contribution in [2.45, 2.75) is 0 Å². The lowest BCUT2D eigenvalue weighted by Gasteiger charge is -2.08. The number of methoxy groups -OCH3 is 1. The topological polar surface area (TPSA) is 84.5 Å². The summed E-state index contributed by atoms with van der Waals surface area (Å²) in [7, 11) is 1.23. The molecule has 8 heteroatoms. The van der Waals surface area contributed by atoms with Gasteiger partial charge in [-0.15, -0.1) is 0 Å². The van der Waals surface area contributed by atoms with Crippen LogP contribution >= 0.6 is 15.9 Å². The SMILES string of the molecule is COC(=O)CNC(=O)c1ccc(NC(=O)c2cc(F)ccc2Br)cc1. The van der Waals surface area contributed by atoms with Gasteiger partial charge in [-0.2, -0.15) is 0 Å². The van der Waals surface area contributed by atoms with E-state index in [1.54, 1.807) is 0 Å². The largest absolute Gasteiger partial charge is 0.468 e. The maximum atomic E-state index is 13.3. The molecule has 0 aliphatic carbocycles. The second kappa shape index (κ2) is 8.39. The Kier molecular flexibility index (Phi) is 6.24. The highest BCUT2D eigenvalue weighted by atomic mass is 79.9. The number of hydrogen-bond acceptors (Lipinski definition) is 4. The zero-order valence-electron chi connectivity index (χ0n) is 13.1. The minimum Gasteiger partial charge on any atom is -0.468 e. The van der Waals surface area contributed by atoms with Gasteiger partial charge in [-0.05, 0) is 58.4 Å². The Morgan fingerprint density at radius 2 is 1.76 bits per heavy atom. The van der Waals surface area contributed by atoms with Crippen LogP contribution < -0.4 is 10.6 Å². The molecule has 0 aliphatic rings. The first-order chi connectivity index (χ1) is 11.9. The minimum atomic E-state index is -0.557. The average molecular weight is 409 g/mol. The van der Waals surface area contributed by atoms with Gasteiger partial charge in [0.25, 0.3) is 11.8 Å². The van der Waals surface area contributed by atoms with E-state index in [0.717, 1.165) is 6.07 Å². The molecule has 2 aromatic carbocycles. The van der Waals surface area contributed by atoms with E-state index in [-0.39, 0.29) is 12.1 Å². The van der Waals surface area contributed by atoms with Crippen molar-refractivity contribution in [1.29, 1.82) is 0 Å². The Hall–Kier alpha value is -2.74. The van der Waals surface area contributed by atoms with E-state index >= 15 is 0 Å². The number of halogens is 2. The van der Waals surface area contributed by atoms with E-state index < -0.39 is 23.6 Å². The van der Waals surface area contributed by atoms with Crippen molar-refractivity contribution in [3.8, 4) is 0 Å². The van der Waals surface area contributed by atoms with Crippen LogP contribution in [0.1, 0.15) is 20.7 Å². The van der Waals surface area contributed by atoms with Gasteiger partial charge in [0.15, 0.2) is 0 Å². The van der Waals surface area contributed by atoms with Gasteiger partial charge in [0.1, 0.15) is 12.4 Å². The summed E-state index contributed by atoms with van der Waals surface area (Å²) < 4.78 is 18.2. The molecule has 0 fully saturated rings. The number of nitrogens with one attached hydrogen (secondary N) is 2. The van der Waals surface area contributed by atoms with Crippen LogP contribution in [0.15, 0.2) is 46.9 Å². The molecule has 2 N–H and O–H groups in total. The van der Waals surface area contributed by atoms with Gasteiger partial charge in [0.05, 0.1) is 12.7 Å². The summed E-state index contributed by atoms with van der Waals surface area (Å²) in [5, 5.41) is 5.01. The second-order valence-electron chi connectivity index (χ2n) is 4.91. The molecule has 0 heterocycles. The molecule has 0 spiro atoms. The molecule has 25 heavy (non-hydrogen) atoms. The lowest BCUT2D eigenvalue weighted by atomic mass is 10.1. The highest BCUT2D eigenvalue weighted by molar-refractivity contribution is 9.10. The number of carbonyl (C=O) groups is 3. The first-order valence-corrected chi connectivity index (χ1v) is 7.91. The molecule has 0 aliphatic heterocycles. The number of benzene rings is 2. The molecule has 2 rings (SSSR count). The number of rotatable bonds is 5. The third-order valence-corrected chi connectivity index (χ3v) is 3.89. The lowest BCUT2D eigenvalue weighted by molar-refractivity contribution is -0.139. The van der Waals surface area contributed by atoms with E-state index in [9.17, 15) is 18.8 Å². The first kappa shape index (κ1) is 18.6. The molecule has 0 unspecified atom stereocenters. The number of ether oxygens (including phenoxy) is 1. The Labute approximate surface area is 151 Å². The summed E-state index contributed by atoms with van der Waals surface area (Å²) in [6.07, 6.45) is 0. The van der Waals surface area contributed by atoms with Crippen LogP contribution in [0.25, 0.3) is 0 Å². The Morgan fingerprint density at radius 3 is 2.40 bits per heavy atom. The Bertz CT molecular complexity index is 809. The van der Waals surface area contributed by atoms with E-state index in [4.69, 9.17) is 0 Å². The van der Waals surface area contributed by atoms with Gasteiger partial charge in [0.2, 0.25) is 0 Å². The average Bonchev–Trinajstić information content (AvgIpc) is 2.61. The molecular weight excluding hydrogens is 395 g/mol. The van der Waals surface area contributed by atoms with Crippen molar-refractivity contribution < 1.29 is 23.5 Å². The molecule has 0 radical (unpaired) electrons.